The molecule has 676 valence electrons. The van der Waals surface area contributed by atoms with E-state index in [1.807, 2.05) is 65.2 Å². The first-order valence-electron chi connectivity index (χ1n) is 41.3. The Morgan fingerprint density at radius 2 is 0.767 bits per heavy atom. The number of hydrogen-bond donors (Lipinski definition) is 2. The number of aromatic nitrogens is 9. The lowest BCUT2D eigenvalue weighted by Gasteiger charge is -2.50. The summed E-state index contributed by atoms with van der Waals surface area (Å²) < 4.78 is 114. The molecule has 5 aromatic carbocycles. The van der Waals surface area contributed by atoms with Gasteiger partial charge in [0.05, 0.1) is 53.1 Å². The molecule has 0 saturated carbocycles. The van der Waals surface area contributed by atoms with Crippen molar-refractivity contribution in [1.82, 2.24) is 74.1 Å². The summed E-state index contributed by atoms with van der Waals surface area (Å²) in [6.45, 7) is 10.6. The van der Waals surface area contributed by atoms with Gasteiger partial charge in [-0.2, -0.15) is 0 Å². The number of pyridine rings is 3. The number of benzene rings is 5. The zero-order valence-corrected chi connectivity index (χ0v) is 74.0. The number of likely N-dealkylation sites (N-methyl/N-ethyl adjacent to an activating group) is 3. The van der Waals surface area contributed by atoms with E-state index in [1.165, 1.54) is 36.5 Å². The number of halogens is 7. The summed E-state index contributed by atoms with van der Waals surface area (Å²) >= 11 is 8.03. The molecule has 40 heteroatoms. The fourth-order valence-corrected chi connectivity index (χ4v) is 19.2. The van der Waals surface area contributed by atoms with Gasteiger partial charge < -0.3 is 72.3 Å². The second kappa shape index (κ2) is 39.9. The summed E-state index contributed by atoms with van der Waals surface area (Å²) in [4.78, 5) is 124. The van der Waals surface area contributed by atoms with Crippen LogP contribution < -0.4 is 31.1 Å². The second-order valence-corrected chi connectivity index (χ2v) is 34.9. The van der Waals surface area contributed by atoms with E-state index in [1.54, 1.807) is 87.9 Å². The fourth-order valence-electron chi connectivity index (χ4n) is 16.5. The molecule has 12 heterocycles. The number of ether oxygens (including phenoxy) is 5. The topological polar surface area (TPSA) is 340 Å². The van der Waals surface area contributed by atoms with E-state index in [4.69, 9.17) is 30.5 Å². The van der Waals surface area contributed by atoms with Gasteiger partial charge in [0.25, 0.3) is 17.7 Å². The zero-order chi connectivity index (χ0) is 91.8. The van der Waals surface area contributed by atoms with Crippen molar-refractivity contribution >= 4 is 80.9 Å². The van der Waals surface area contributed by atoms with Gasteiger partial charge >= 0.3 is 17.6 Å². The van der Waals surface area contributed by atoms with Crippen LogP contribution in [0.25, 0.3) is 31.7 Å². The number of likely N-dealkylation sites (tertiary alicyclic amines) is 2. The SMILES string of the molecule is CCOC(=O)Cl.CCOC(=O)N1CCC2(CC1)Cn1cc(-c3nnc(Cc4ccc(F)cc4F)s3)c(=O)c(O)c1C(=O)N2C.CCOC(=O)N1CCC2(CC1)Cn1cc(-c3nnc(Cc4ccc(F)cc4F)s3)c(=O)c(OCc3ccccc3)c1C(=O)N2C.CN1C(=O)c2c(OCc3ccccc3)c(=O)c(-c3nnc(Cc4ccc(F)cc4F)s3)cn2CC12CCNCC2. The maximum Gasteiger partial charge on any atom is 0.409 e. The molecule has 0 atom stereocenters. The van der Waals surface area contributed by atoms with Gasteiger partial charge in [0, 0.05) is 135 Å². The molecule has 3 saturated heterocycles. The van der Waals surface area contributed by atoms with Gasteiger partial charge in [0.15, 0.2) is 49.4 Å². The van der Waals surface area contributed by atoms with Crippen molar-refractivity contribution in [1.29, 1.82) is 0 Å². The van der Waals surface area contributed by atoms with E-state index in [9.17, 15) is 74.6 Å². The molecule has 30 nitrogen and oxygen atoms in total. The van der Waals surface area contributed by atoms with Crippen molar-refractivity contribution in [2.75, 3.05) is 80.2 Å². The first-order valence-corrected chi connectivity index (χ1v) is 44.1. The van der Waals surface area contributed by atoms with E-state index < -0.39 is 85.4 Å². The molecular formula is C89H88ClF6N15O15S3. The van der Waals surface area contributed by atoms with Crippen molar-refractivity contribution in [3.05, 3.63) is 259 Å². The monoisotopic (exact) mass is 1850 g/mol. The molecule has 2 N–H and O–H groups in total. The minimum absolute atomic E-state index is 0.0247. The van der Waals surface area contributed by atoms with Crippen LogP contribution in [0.1, 0.15) is 134 Å². The van der Waals surface area contributed by atoms with Gasteiger partial charge in [-0.3, -0.25) is 28.8 Å². The van der Waals surface area contributed by atoms with Gasteiger partial charge in [-0.05, 0) is 118 Å². The number of carbonyl (C=O) groups is 6. The molecule has 5 amide bonds. The van der Waals surface area contributed by atoms with Crippen LogP contribution in [0.4, 0.5) is 40.7 Å². The Bertz CT molecular complexity index is 6240. The van der Waals surface area contributed by atoms with Crippen LogP contribution in [-0.4, -0.2) is 206 Å². The molecule has 3 spiro atoms. The lowest BCUT2D eigenvalue weighted by Crippen LogP contribution is -2.62. The molecule has 6 aliphatic heterocycles. The van der Waals surface area contributed by atoms with Crippen molar-refractivity contribution in [2.24, 2.45) is 0 Å². The third kappa shape index (κ3) is 20.1. The normalized spacial score (nSPS) is 15.8. The summed E-state index contributed by atoms with van der Waals surface area (Å²) in [7, 11) is 5.15. The quantitative estimate of drug-likeness (QED) is 0.0458. The fraction of sp³-hybridized carbons (Fsp3) is 0.360. The standard InChI is InChI=1S/C32H31F2N5O5S.C29H27F2N5O3S.C25H25F2N5O5S.C3H5ClO2/c1-3-43-31(42)38-13-11-32(12-14-38)19-39-17-23(29-36-35-25(45-29)15-21-9-10-22(33)16-24(21)34)27(40)28(26(39)30(41)37(32)2)44-18-20-7-5-4-6-8-20;1-35-28(38)24-26(39-16-18-5-3-2-4-6-18)25(37)21(15-36(24)17-29(35)9-11-32-12-10-29)27-34-33-23(40-27)13-19-7-8-20(30)14-22(19)31;1-3-37-24(36)31-8-6-25(7-9-31)13-32-12-16(20(33)21(34)19(32)23(35)30(25)2)22-29-28-18(38-22)10-14-4-5-15(26)11-17(14)27;1-2-6-3(4)5/h4-10,16-17H,3,11-15,18-19H2,1-2H3;2-8,14-15,32H,9-13,16-17H2,1H3;4-5,11-12,34H,3,6-10,13H2,1-2H3;2H2,1H3. The number of nitrogens with zero attached hydrogens (tertiary/aromatic N) is 14. The number of carbonyl (C=O) groups excluding carboxylic acids is 6. The number of rotatable bonds is 18. The largest absolute Gasteiger partial charge is 0.503 e. The summed E-state index contributed by atoms with van der Waals surface area (Å²) in [5.74, 6) is -6.01. The summed E-state index contributed by atoms with van der Waals surface area (Å²) in [5, 5.41) is 41.2. The van der Waals surface area contributed by atoms with E-state index in [0.717, 1.165) is 95.3 Å². The smallest absolute Gasteiger partial charge is 0.409 e. The highest BCUT2D eigenvalue weighted by Gasteiger charge is 2.51. The van der Waals surface area contributed by atoms with Crippen LogP contribution in [-0.2, 0) is 66.3 Å². The number of fused-ring (bicyclic) bond motifs is 3. The number of aromatic hydroxyl groups is 1. The van der Waals surface area contributed by atoms with Crippen molar-refractivity contribution in [3.63, 3.8) is 0 Å². The predicted molar refractivity (Wildman–Crippen MR) is 465 cm³/mol. The van der Waals surface area contributed by atoms with Crippen LogP contribution in [0.2, 0.25) is 0 Å². The molecular weight excluding hydrogens is 1760 g/mol. The Labute approximate surface area is 751 Å². The Morgan fingerprint density at radius 3 is 1.09 bits per heavy atom. The molecule has 0 radical (unpaired) electrons. The Morgan fingerprint density at radius 1 is 0.442 bits per heavy atom. The summed E-state index contributed by atoms with van der Waals surface area (Å²) in [6.07, 6.45) is 7.78. The molecule has 0 aliphatic carbocycles. The zero-order valence-electron chi connectivity index (χ0n) is 70.8. The number of nitrogens with one attached hydrogen (secondary N) is 1. The van der Waals surface area contributed by atoms with Crippen LogP contribution in [0.3, 0.4) is 0 Å². The average molecular weight is 1850 g/mol. The lowest BCUT2D eigenvalue weighted by molar-refractivity contribution is 0.00840. The third-order valence-corrected chi connectivity index (χ3v) is 26.6. The molecule has 6 aromatic heterocycles. The van der Waals surface area contributed by atoms with Crippen molar-refractivity contribution in [2.45, 2.75) is 128 Å². The van der Waals surface area contributed by atoms with Crippen LogP contribution >= 0.6 is 45.6 Å². The van der Waals surface area contributed by atoms with E-state index in [2.05, 4.69) is 40.6 Å². The number of amides is 5. The van der Waals surface area contributed by atoms with Gasteiger partial charge in [0.2, 0.25) is 16.3 Å². The predicted octanol–water partition coefficient (Wildman–Crippen LogP) is 13.3. The minimum Gasteiger partial charge on any atom is -0.503 e. The maximum absolute atomic E-state index is 14.3. The van der Waals surface area contributed by atoms with Crippen LogP contribution in [0, 0.1) is 34.9 Å². The Kier molecular flexibility index (Phi) is 28.6. The third-order valence-electron chi connectivity index (χ3n) is 23.6. The second-order valence-electron chi connectivity index (χ2n) is 31.4. The van der Waals surface area contributed by atoms with Gasteiger partial charge in [-0.25, -0.2) is 40.7 Å². The lowest BCUT2D eigenvalue weighted by atomic mass is 9.83. The highest BCUT2D eigenvalue weighted by Crippen LogP contribution is 2.43. The van der Waals surface area contributed by atoms with Gasteiger partial charge in [-0.15, -0.1) is 30.6 Å². The van der Waals surface area contributed by atoms with Gasteiger partial charge in [-0.1, -0.05) is 113 Å². The number of piperidine rings is 3. The highest BCUT2D eigenvalue weighted by atomic mass is 35.5. The molecule has 0 unspecified atom stereocenters. The maximum atomic E-state index is 14.3. The van der Waals surface area contributed by atoms with E-state index in [0.29, 0.717) is 98.1 Å². The van der Waals surface area contributed by atoms with Crippen molar-refractivity contribution in [3.8, 4) is 49.0 Å². The first-order chi connectivity index (χ1) is 61.9. The van der Waals surface area contributed by atoms with Crippen LogP contribution in [0.15, 0.2) is 148 Å². The molecule has 129 heavy (non-hydrogen) atoms. The molecule has 11 aromatic rings. The Hall–Kier alpha value is -12.7. The van der Waals surface area contributed by atoms with E-state index >= 15 is 0 Å². The van der Waals surface area contributed by atoms with E-state index in [-0.39, 0.29) is 141 Å². The van der Waals surface area contributed by atoms with Crippen molar-refractivity contribution < 1.29 is 83.9 Å². The first kappa shape index (κ1) is 92.5. The van der Waals surface area contributed by atoms with Crippen LogP contribution in [0.5, 0.6) is 17.2 Å². The minimum atomic E-state index is -0.762. The summed E-state index contributed by atoms with van der Waals surface area (Å²) in [5.41, 5.74) is -0.901. The molecule has 3 fully saturated rings. The summed E-state index contributed by atoms with van der Waals surface area (Å²) in [6, 6.07) is 28.7. The molecule has 6 aliphatic rings. The number of hydrogen-bond acceptors (Lipinski definition) is 25. The van der Waals surface area contributed by atoms with Gasteiger partial charge in [0.1, 0.15) is 63.1 Å². The molecule has 0 bridgehead atoms. The molecule has 17 rings (SSSR count). The Balaban J connectivity index is 0.000000152. The average Bonchev–Trinajstić information content (AvgIpc) is 1.38. The highest BCUT2D eigenvalue weighted by molar-refractivity contribution is 7.15.